The van der Waals surface area contributed by atoms with E-state index < -0.39 is 12.1 Å². The highest BCUT2D eigenvalue weighted by atomic mass is 16.3. The standard InChI is InChI=1S/C54H95NO3/c1-3-5-7-9-10-11-12-13-14-15-16-17-18-19-20-21-22-23-24-25-26-27-28-29-30-31-32-33-34-35-36-37-38-39-40-41-42-43-44-46-48-50-54(58)55-52(51-56)53(57)49-47-45-8-6-4-2/h5,7,10-11,13-14,16-17,19-20,22-23,47,49,52-53,56-57H,3-4,6,8-9,12,15,18,21,24-46,48,50-51H2,1-2H3,(H,55,58)/b7-5-,11-10-,14-13-,17-16-,20-19-,23-22-,49-47+. The van der Waals surface area contributed by atoms with E-state index in [0.717, 1.165) is 64.2 Å². The van der Waals surface area contributed by atoms with Crippen molar-refractivity contribution in [1.29, 1.82) is 0 Å². The third-order valence-electron chi connectivity index (χ3n) is 10.9. The topological polar surface area (TPSA) is 69.6 Å². The number of carbonyl (C=O) groups excluding carboxylic acids is 1. The van der Waals surface area contributed by atoms with Crippen LogP contribution in [0.4, 0.5) is 0 Å². The van der Waals surface area contributed by atoms with Crippen LogP contribution < -0.4 is 5.32 Å². The van der Waals surface area contributed by atoms with Crippen LogP contribution in [0.5, 0.6) is 0 Å². The zero-order valence-electron chi connectivity index (χ0n) is 38.3. The molecule has 2 unspecified atom stereocenters. The Bertz CT molecular complexity index is 1050. The molecule has 2 atom stereocenters. The van der Waals surface area contributed by atoms with Crippen molar-refractivity contribution < 1.29 is 15.0 Å². The Morgan fingerprint density at radius 3 is 1.14 bits per heavy atom. The first-order chi connectivity index (χ1) is 28.7. The van der Waals surface area contributed by atoms with Crippen LogP contribution in [-0.4, -0.2) is 34.9 Å². The van der Waals surface area contributed by atoms with Crippen molar-refractivity contribution in [3.8, 4) is 0 Å². The molecule has 0 aliphatic heterocycles. The molecule has 0 rings (SSSR count). The van der Waals surface area contributed by atoms with Gasteiger partial charge in [-0.15, -0.1) is 0 Å². The van der Waals surface area contributed by atoms with Crippen molar-refractivity contribution >= 4 is 5.91 Å². The van der Waals surface area contributed by atoms with Crippen molar-refractivity contribution in [3.05, 3.63) is 85.1 Å². The minimum atomic E-state index is -0.835. The second-order valence-electron chi connectivity index (χ2n) is 16.5. The fourth-order valence-electron chi connectivity index (χ4n) is 7.12. The van der Waals surface area contributed by atoms with E-state index in [9.17, 15) is 15.0 Å². The number of aliphatic hydroxyl groups is 2. The molecule has 334 valence electrons. The van der Waals surface area contributed by atoms with Crippen molar-refractivity contribution in [2.24, 2.45) is 0 Å². The molecule has 0 saturated carbocycles. The van der Waals surface area contributed by atoms with Crippen molar-refractivity contribution in [3.63, 3.8) is 0 Å². The van der Waals surface area contributed by atoms with E-state index in [0.29, 0.717) is 6.42 Å². The molecule has 0 aromatic rings. The first kappa shape index (κ1) is 55.6. The maximum absolute atomic E-state index is 12.3. The van der Waals surface area contributed by atoms with Gasteiger partial charge >= 0.3 is 0 Å². The lowest BCUT2D eigenvalue weighted by atomic mass is 10.0. The molecule has 0 aromatic carbocycles. The molecule has 0 heterocycles. The number of hydrogen-bond acceptors (Lipinski definition) is 3. The Labute approximate surface area is 361 Å². The van der Waals surface area contributed by atoms with Crippen molar-refractivity contribution in [2.45, 2.75) is 244 Å². The normalized spacial score (nSPS) is 13.7. The molecule has 0 radical (unpaired) electrons. The average Bonchev–Trinajstić information content (AvgIpc) is 3.23. The number of unbranched alkanes of at least 4 members (excludes halogenated alkanes) is 25. The quantitative estimate of drug-likeness (QED) is 0.0424. The summed E-state index contributed by atoms with van der Waals surface area (Å²) in [6.45, 7) is 4.09. The minimum Gasteiger partial charge on any atom is -0.394 e. The summed E-state index contributed by atoms with van der Waals surface area (Å²) < 4.78 is 0. The predicted molar refractivity (Wildman–Crippen MR) is 257 cm³/mol. The van der Waals surface area contributed by atoms with Gasteiger partial charge in [-0.25, -0.2) is 0 Å². The monoisotopic (exact) mass is 806 g/mol. The maximum atomic E-state index is 12.3. The van der Waals surface area contributed by atoms with E-state index in [2.05, 4.69) is 92.1 Å². The zero-order chi connectivity index (χ0) is 42.1. The molecule has 3 N–H and O–H groups in total. The number of aliphatic hydroxyl groups excluding tert-OH is 2. The van der Waals surface area contributed by atoms with Gasteiger partial charge in [0.2, 0.25) is 5.91 Å². The van der Waals surface area contributed by atoms with E-state index in [-0.39, 0.29) is 12.5 Å². The van der Waals surface area contributed by atoms with Gasteiger partial charge in [-0.2, -0.15) is 0 Å². The Morgan fingerprint density at radius 2 is 0.759 bits per heavy atom. The molecular formula is C54H95NO3. The van der Waals surface area contributed by atoms with Crippen LogP contribution in [0.1, 0.15) is 232 Å². The zero-order valence-corrected chi connectivity index (χ0v) is 38.3. The molecule has 0 aliphatic carbocycles. The molecule has 4 nitrogen and oxygen atoms in total. The minimum absolute atomic E-state index is 0.0711. The van der Waals surface area contributed by atoms with Crippen LogP contribution in [-0.2, 0) is 4.79 Å². The van der Waals surface area contributed by atoms with Gasteiger partial charge < -0.3 is 15.5 Å². The van der Waals surface area contributed by atoms with Crippen LogP contribution in [0.25, 0.3) is 0 Å². The van der Waals surface area contributed by atoms with Gasteiger partial charge in [0, 0.05) is 6.42 Å². The van der Waals surface area contributed by atoms with E-state index in [4.69, 9.17) is 0 Å². The van der Waals surface area contributed by atoms with Gasteiger partial charge in [-0.3, -0.25) is 4.79 Å². The highest BCUT2D eigenvalue weighted by Gasteiger charge is 2.17. The van der Waals surface area contributed by atoms with E-state index in [1.54, 1.807) is 6.08 Å². The summed E-state index contributed by atoms with van der Waals surface area (Å²) in [5.41, 5.74) is 0. The molecule has 0 fully saturated rings. The van der Waals surface area contributed by atoms with E-state index in [1.807, 2.05) is 6.08 Å². The molecule has 0 aliphatic rings. The molecule has 0 saturated heterocycles. The number of allylic oxidation sites excluding steroid dienone is 13. The SMILES string of the molecule is CC/C=C\C/C=C\C/C=C\C/C=C\C/C=C\C/C=C\CCCCCCCCCCCCCCCCCCCCCCCCC(=O)NC(CO)C(O)/C=C/CCCCC. The van der Waals surface area contributed by atoms with Gasteiger partial charge in [0.15, 0.2) is 0 Å². The van der Waals surface area contributed by atoms with Gasteiger partial charge in [0.05, 0.1) is 18.8 Å². The number of rotatable bonds is 44. The Morgan fingerprint density at radius 1 is 0.431 bits per heavy atom. The Hall–Kier alpha value is -2.43. The second-order valence-corrected chi connectivity index (χ2v) is 16.5. The summed E-state index contributed by atoms with van der Waals surface area (Å²) in [5, 5.41) is 22.6. The number of nitrogens with one attached hydrogen (secondary N) is 1. The fourth-order valence-corrected chi connectivity index (χ4v) is 7.12. The summed E-state index contributed by atoms with van der Waals surface area (Å²) in [4.78, 5) is 12.3. The first-order valence-electron chi connectivity index (χ1n) is 24.8. The number of carbonyl (C=O) groups is 1. The smallest absolute Gasteiger partial charge is 0.220 e. The van der Waals surface area contributed by atoms with Gasteiger partial charge in [-0.05, 0) is 70.6 Å². The highest BCUT2D eigenvalue weighted by Crippen LogP contribution is 2.16. The molecular weight excluding hydrogens is 711 g/mol. The van der Waals surface area contributed by atoms with Crippen molar-refractivity contribution in [1.82, 2.24) is 5.32 Å². The van der Waals surface area contributed by atoms with E-state index in [1.165, 1.54) is 148 Å². The molecule has 4 heteroatoms. The molecule has 0 aromatic heterocycles. The van der Waals surface area contributed by atoms with Crippen LogP contribution in [0.15, 0.2) is 85.1 Å². The van der Waals surface area contributed by atoms with Crippen LogP contribution in [0.2, 0.25) is 0 Å². The molecule has 0 bridgehead atoms. The lowest BCUT2D eigenvalue weighted by Gasteiger charge is -2.20. The summed E-state index contributed by atoms with van der Waals surface area (Å²) in [7, 11) is 0. The van der Waals surface area contributed by atoms with Crippen LogP contribution >= 0.6 is 0 Å². The molecule has 0 spiro atoms. The second kappa shape index (κ2) is 48.9. The predicted octanol–water partition coefficient (Wildman–Crippen LogP) is 16.0. The third-order valence-corrected chi connectivity index (χ3v) is 10.9. The first-order valence-corrected chi connectivity index (χ1v) is 24.8. The largest absolute Gasteiger partial charge is 0.394 e. The fraction of sp³-hybridized carbons (Fsp3) is 0.722. The lowest BCUT2D eigenvalue weighted by Crippen LogP contribution is -2.45. The van der Waals surface area contributed by atoms with Gasteiger partial charge in [0.25, 0.3) is 0 Å². The lowest BCUT2D eigenvalue weighted by molar-refractivity contribution is -0.123. The van der Waals surface area contributed by atoms with Gasteiger partial charge in [-0.1, -0.05) is 240 Å². The van der Waals surface area contributed by atoms with Crippen LogP contribution in [0, 0.1) is 0 Å². The average molecular weight is 806 g/mol. The van der Waals surface area contributed by atoms with Crippen molar-refractivity contribution in [2.75, 3.05) is 6.61 Å². The summed E-state index contributed by atoms with van der Waals surface area (Å²) in [5.74, 6) is -0.0711. The third kappa shape index (κ3) is 44.7. The van der Waals surface area contributed by atoms with Crippen LogP contribution in [0.3, 0.4) is 0 Å². The number of amides is 1. The summed E-state index contributed by atoms with van der Waals surface area (Å²) in [6, 6.07) is -0.618. The van der Waals surface area contributed by atoms with Gasteiger partial charge in [0.1, 0.15) is 0 Å². The Balaban J connectivity index is 3.38. The van der Waals surface area contributed by atoms with E-state index >= 15 is 0 Å². The summed E-state index contributed by atoms with van der Waals surface area (Å²) in [6.07, 6.45) is 72.0. The molecule has 58 heavy (non-hydrogen) atoms. The summed E-state index contributed by atoms with van der Waals surface area (Å²) >= 11 is 0. The highest BCUT2D eigenvalue weighted by molar-refractivity contribution is 5.76. The number of hydrogen-bond donors (Lipinski definition) is 3. The molecule has 1 amide bonds. The maximum Gasteiger partial charge on any atom is 0.220 e. The Kier molecular flexibility index (Phi) is 46.9.